The van der Waals surface area contributed by atoms with Gasteiger partial charge in [0.1, 0.15) is 0 Å². The van der Waals surface area contributed by atoms with E-state index in [1.54, 1.807) is 17.0 Å². The summed E-state index contributed by atoms with van der Waals surface area (Å²) < 4.78 is 7.21. The zero-order chi connectivity index (χ0) is 20.8. The third kappa shape index (κ3) is 4.41. The molecule has 7 nitrogen and oxygen atoms in total. The van der Waals surface area contributed by atoms with E-state index in [0.29, 0.717) is 24.6 Å². The van der Waals surface area contributed by atoms with Gasteiger partial charge in [-0.15, -0.1) is 0 Å². The Hall–Kier alpha value is -3.45. The van der Waals surface area contributed by atoms with E-state index < -0.39 is 0 Å². The van der Waals surface area contributed by atoms with Gasteiger partial charge in [0.15, 0.2) is 5.69 Å². The van der Waals surface area contributed by atoms with Gasteiger partial charge in [0, 0.05) is 37.6 Å². The van der Waals surface area contributed by atoms with Crippen LogP contribution in [0.1, 0.15) is 12.1 Å². The van der Waals surface area contributed by atoms with Crippen LogP contribution in [0.2, 0.25) is 0 Å². The van der Waals surface area contributed by atoms with Crippen molar-refractivity contribution in [2.75, 3.05) is 31.2 Å². The Labute approximate surface area is 175 Å². The van der Waals surface area contributed by atoms with E-state index in [-0.39, 0.29) is 11.5 Å². The van der Waals surface area contributed by atoms with Gasteiger partial charge in [-0.3, -0.25) is 4.79 Å². The zero-order valence-electron chi connectivity index (χ0n) is 16.7. The predicted octanol–water partition coefficient (Wildman–Crippen LogP) is 2.53. The van der Waals surface area contributed by atoms with Crippen LogP contribution in [0.15, 0.2) is 71.7 Å². The first-order valence-corrected chi connectivity index (χ1v) is 10.1. The molecule has 2 aliphatic rings. The Bertz CT molecular complexity index is 1050. The number of rotatable bonds is 6. The van der Waals surface area contributed by atoms with Crippen LogP contribution in [0.3, 0.4) is 0 Å². The van der Waals surface area contributed by atoms with Gasteiger partial charge in [-0.1, -0.05) is 36.4 Å². The molecule has 1 aliphatic carbocycles. The second-order valence-electron chi connectivity index (χ2n) is 7.11. The summed E-state index contributed by atoms with van der Waals surface area (Å²) >= 11 is 0. The van der Waals surface area contributed by atoms with Crippen molar-refractivity contribution in [3.05, 3.63) is 82.8 Å². The maximum atomic E-state index is 12.7. The van der Waals surface area contributed by atoms with Gasteiger partial charge >= 0.3 is 0 Å². The molecule has 1 saturated heterocycles. The van der Waals surface area contributed by atoms with E-state index in [1.807, 2.05) is 36.4 Å². The highest BCUT2D eigenvalue weighted by Gasteiger charge is 2.18. The van der Waals surface area contributed by atoms with Crippen molar-refractivity contribution in [1.82, 2.24) is 15.1 Å². The number of nitrogens with one attached hydrogen (secondary N) is 2. The van der Waals surface area contributed by atoms with Gasteiger partial charge in [-0.2, -0.15) is 5.10 Å². The molecular weight excluding hydrogens is 378 g/mol. The normalized spacial score (nSPS) is 19.0. The smallest absolute Gasteiger partial charge is 0.209 e. The van der Waals surface area contributed by atoms with Crippen molar-refractivity contribution >= 4 is 17.6 Å². The summed E-state index contributed by atoms with van der Waals surface area (Å²) in [5, 5.41) is 15.5. The largest absolute Gasteiger partial charge is 0.378 e. The molecule has 0 amide bonds. The standard InChI is InChI=1S/C23H25N5O2/c24-12-10-19(25-18-6-2-1-3-7-18)23-22(29)11-13-28(26-23)21-9-5-4-8-20(21)27-14-16-30-17-15-27/h1-6,8-13,18,24-25H,7,14-17H2/b19-10-,24-12?. The highest BCUT2D eigenvalue weighted by atomic mass is 16.5. The van der Waals surface area contributed by atoms with Crippen LogP contribution in [0.5, 0.6) is 0 Å². The Kier molecular flexibility index (Phi) is 6.20. The third-order valence-electron chi connectivity index (χ3n) is 5.12. The first-order valence-electron chi connectivity index (χ1n) is 10.1. The summed E-state index contributed by atoms with van der Waals surface area (Å²) in [5.74, 6) is 0. The maximum Gasteiger partial charge on any atom is 0.209 e. The van der Waals surface area contributed by atoms with Crippen LogP contribution >= 0.6 is 0 Å². The Balaban J connectivity index is 1.70. The van der Waals surface area contributed by atoms with Crippen LogP contribution in [-0.4, -0.2) is 48.3 Å². The minimum Gasteiger partial charge on any atom is -0.378 e. The number of morpholine rings is 1. The van der Waals surface area contributed by atoms with Gasteiger partial charge in [0.2, 0.25) is 5.43 Å². The molecule has 1 fully saturated rings. The van der Waals surface area contributed by atoms with E-state index in [0.717, 1.165) is 30.9 Å². The number of hydrogen-bond acceptors (Lipinski definition) is 6. The minimum absolute atomic E-state index is 0.0525. The second kappa shape index (κ2) is 9.37. The number of anilines is 1. The van der Waals surface area contributed by atoms with Crippen molar-refractivity contribution in [3.63, 3.8) is 0 Å². The van der Waals surface area contributed by atoms with Gasteiger partial charge in [0.05, 0.1) is 30.3 Å². The van der Waals surface area contributed by atoms with Crippen LogP contribution in [0.25, 0.3) is 11.4 Å². The van der Waals surface area contributed by atoms with E-state index in [9.17, 15) is 4.79 Å². The third-order valence-corrected chi connectivity index (χ3v) is 5.12. The summed E-state index contributed by atoms with van der Waals surface area (Å²) in [4.78, 5) is 14.9. The fourth-order valence-electron chi connectivity index (χ4n) is 3.62. The monoisotopic (exact) mass is 403 g/mol. The van der Waals surface area contributed by atoms with Crippen LogP contribution < -0.4 is 15.6 Å². The quantitative estimate of drug-likeness (QED) is 0.725. The van der Waals surface area contributed by atoms with E-state index in [2.05, 4.69) is 27.5 Å². The number of nitrogens with zero attached hydrogens (tertiary/aromatic N) is 3. The molecule has 0 spiro atoms. The summed E-state index contributed by atoms with van der Waals surface area (Å²) in [6.07, 6.45) is 13.3. The SMILES string of the molecule is N=C/C=C(\NC1C=CC=CC1)c1nn(-c2ccccc2N2CCOCC2)ccc1=O. The van der Waals surface area contributed by atoms with Crippen molar-refractivity contribution in [2.24, 2.45) is 0 Å². The van der Waals surface area contributed by atoms with E-state index >= 15 is 0 Å². The predicted molar refractivity (Wildman–Crippen MR) is 119 cm³/mol. The summed E-state index contributed by atoms with van der Waals surface area (Å²) in [6.45, 7) is 3.01. The van der Waals surface area contributed by atoms with Crippen molar-refractivity contribution in [3.8, 4) is 5.69 Å². The van der Waals surface area contributed by atoms with Gasteiger partial charge < -0.3 is 20.4 Å². The lowest BCUT2D eigenvalue weighted by atomic mass is 10.1. The Morgan fingerprint density at radius 1 is 1.17 bits per heavy atom. The van der Waals surface area contributed by atoms with Crippen molar-refractivity contribution < 1.29 is 4.74 Å². The molecule has 2 aromatic rings. The molecule has 7 heteroatoms. The number of para-hydroxylation sites is 2. The van der Waals surface area contributed by atoms with Gasteiger partial charge in [-0.25, -0.2) is 4.68 Å². The van der Waals surface area contributed by atoms with Crippen molar-refractivity contribution in [1.29, 1.82) is 5.41 Å². The second-order valence-corrected chi connectivity index (χ2v) is 7.11. The van der Waals surface area contributed by atoms with Crippen LogP contribution in [0, 0.1) is 5.41 Å². The molecule has 30 heavy (non-hydrogen) atoms. The summed E-state index contributed by atoms with van der Waals surface area (Å²) in [7, 11) is 0. The molecule has 0 bridgehead atoms. The number of benzene rings is 1. The molecule has 4 rings (SSSR count). The molecule has 1 aromatic heterocycles. The highest BCUT2D eigenvalue weighted by molar-refractivity contribution is 5.81. The zero-order valence-corrected chi connectivity index (χ0v) is 16.7. The molecular formula is C23H25N5O2. The molecule has 2 heterocycles. The molecule has 0 saturated carbocycles. The van der Waals surface area contributed by atoms with E-state index in [1.165, 1.54) is 12.3 Å². The van der Waals surface area contributed by atoms with Gasteiger partial charge in [0.25, 0.3) is 0 Å². The summed E-state index contributed by atoms with van der Waals surface area (Å²) in [5.41, 5.74) is 2.59. The molecule has 154 valence electrons. The number of hydrogen-bond donors (Lipinski definition) is 2. The van der Waals surface area contributed by atoms with Crippen LogP contribution in [0.4, 0.5) is 5.69 Å². The lowest BCUT2D eigenvalue weighted by Gasteiger charge is -2.30. The lowest BCUT2D eigenvalue weighted by molar-refractivity contribution is 0.122. The lowest BCUT2D eigenvalue weighted by Crippen LogP contribution is -2.37. The fraction of sp³-hybridized carbons (Fsp3) is 0.261. The molecule has 1 atom stereocenters. The fourth-order valence-corrected chi connectivity index (χ4v) is 3.62. The topological polar surface area (TPSA) is 83.2 Å². The van der Waals surface area contributed by atoms with Gasteiger partial charge in [-0.05, 0) is 24.6 Å². The number of aromatic nitrogens is 2. The average molecular weight is 403 g/mol. The number of allylic oxidation sites excluding steroid dienone is 3. The Morgan fingerprint density at radius 2 is 1.97 bits per heavy atom. The molecule has 1 aromatic carbocycles. The molecule has 1 unspecified atom stereocenters. The first-order chi connectivity index (χ1) is 14.8. The highest BCUT2D eigenvalue weighted by Crippen LogP contribution is 2.24. The number of ether oxygens (including phenoxy) is 1. The molecule has 0 radical (unpaired) electrons. The molecule has 1 aliphatic heterocycles. The Morgan fingerprint density at radius 3 is 2.70 bits per heavy atom. The maximum absolute atomic E-state index is 12.7. The van der Waals surface area contributed by atoms with Crippen molar-refractivity contribution in [2.45, 2.75) is 12.5 Å². The molecule has 2 N–H and O–H groups in total. The minimum atomic E-state index is -0.189. The van der Waals surface area contributed by atoms with E-state index in [4.69, 9.17) is 10.1 Å². The average Bonchev–Trinajstić information content (AvgIpc) is 2.80. The summed E-state index contributed by atoms with van der Waals surface area (Å²) in [6, 6.07) is 9.60. The van der Waals surface area contributed by atoms with Crippen LogP contribution in [-0.2, 0) is 4.74 Å². The first kappa shape index (κ1) is 19.8.